The van der Waals surface area contributed by atoms with E-state index in [9.17, 15) is 10.2 Å². The van der Waals surface area contributed by atoms with Crippen molar-refractivity contribution in [3.05, 3.63) is 23.8 Å². The van der Waals surface area contributed by atoms with Crippen LogP contribution in [0, 0.1) is 0 Å². The first-order chi connectivity index (χ1) is 9.99. The molecular weight excluding hydrogens is 264 g/mol. The molecule has 4 heteroatoms. The minimum Gasteiger partial charge on any atom is -0.508 e. The Bertz CT molecular complexity index is 456. The van der Waals surface area contributed by atoms with Gasteiger partial charge in [0.05, 0.1) is 0 Å². The van der Waals surface area contributed by atoms with Gasteiger partial charge in [0.25, 0.3) is 0 Å². The molecule has 1 aromatic rings. The molecule has 1 heterocycles. The van der Waals surface area contributed by atoms with Crippen LogP contribution in [-0.2, 0) is 0 Å². The monoisotopic (exact) mass is 292 g/mol. The molecule has 118 valence electrons. The third-order valence-corrected chi connectivity index (χ3v) is 4.47. The zero-order chi connectivity index (χ0) is 15.4. The van der Waals surface area contributed by atoms with Crippen molar-refractivity contribution < 1.29 is 10.2 Å². The average Bonchev–Trinajstić information content (AvgIpc) is 2.47. The zero-order valence-electron chi connectivity index (χ0n) is 13.3. The van der Waals surface area contributed by atoms with Crippen LogP contribution in [0.1, 0.15) is 51.6 Å². The molecule has 0 radical (unpaired) electrons. The second-order valence-corrected chi connectivity index (χ2v) is 6.36. The number of phenolic OH excluding ortho intramolecular Hbond substituents is 2. The van der Waals surface area contributed by atoms with Crippen molar-refractivity contribution in [2.75, 3.05) is 13.1 Å². The molecule has 1 aliphatic rings. The first-order valence-electron chi connectivity index (χ1n) is 8.00. The molecule has 21 heavy (non-hydrogen) atoms. The summed E-state index contributed by atoms with van der Waals surface area (Å²) in [6.45, 7) is 8.52. The molecule has 1 aliphatic heterocycles. The van der Waals surface area contributed by atoms with E-state index in [0.717, 1.165) is 18.7 Å². The number of phenols is 2. The van der Waals surface area contributed by atoms with Gasteiger partial charge in [0.15, 0.2) is 0 Å². The van der Waals surface area contributed by atoms with E-state index >= 15 is 0 Å². The molecule has 0 saturated carbocycles. The van der Waals surface area contributed by atoms with Crippen LogP contribution in [0.5, 0.6) is 11.5 Å². The van der Waals surface area contributed by atoms with Gasteiger partial charge in [0.1, 0.15) is 11.5 Å². The van der Waals surface area contributed by atoms with Gasteiger partial charge in [0, 0.05) is 30.2 Å². The molecule has 1 fully saturated rings. The molecule has 3 N–H and O–H groups in total. The van der Waals surface area contributed by atoms with Crippen molar-refractivity contribution in [2.45, 2.75) is 58.2 Å². The third-order valence-electron chi connectivity index (χ3n) is 4.47. The molecule has 1 aromatic carbocycles. The molecule has 1 saturated heterocycles. The van der Waals surface area contributed by atoms with E-state index in [4.69, 9.17) is 0 Å². The van der Waals surface area contributed by atoms with E-state index in [0.29, 0.717) is 12.1 Å². The zero-order valence-corrected chi connectivity index (χ0v) is 13.3. The number of rotatable bonds is 5. The van der Waals surface area contributed by atoms with Crippen LogP contribution >= 0.6 is 0 Å². The molecule has 0 aromatic heterocycles. The summed E-state index contributed by atoms with van der Waals surface area (Å²) in [5, 5.41) is 23.4. The van der Waals surface area contributed by atoms with Crippen LogP contribution in [0.2, 0.25) is 0 Å². The lowest BCUT2D eigenvalue weighted by Gasteiger charge is -2.37. The topological polar surface area (TPSA) is 55.7 Å². The Kier molecular flexibility index (Phi) is 5.48. The number of nitrogens with one attached hydrogen (secondary N) is 1. The van der Waals surface area contributed by atoms with E-state index in [1.54, 1.807) is 12.1 Å². The molecule has 0 spiro atoms. The number of hydrogen-bond acceptors (Lipinski definition) is 4. The van der Waals surface area contributed by atoms with E-state index in [1.807, 2.05) is 0 Å². The largest absolute Gasteiger partial charge is 0.508 e. The van der Waals surface area contributed by atoms with Crippen LogP contribution in [0.3, 0.4) is 0 Å². The summed E-state index contributed by atoms with van der Waals surface area (Å²) in [6.07, 6.45) is 3.76. The Hall–Kier alpha value is -1.26. The fraction of sp³-hybridized carbons (Fsp3) is 0.647. The maximum Gasteiger partial charge on any atom is 0.120 e. The van der Waals surface area contributed by atoms with Crippen LogP contribution in [0.15, 0.2) is 18.2 Å². The standard InChI is InChI=1S/C17H28N2O2/c1-12(2)19(11-14-6-4-5-9-18-14)13(3)16-10-15(20)7-8-17(16)21/h7-8,10,12-14,18,20-21H,4-6,9,11H2,1-3H3. The number of benzene rings is 1. The summed E-state index contributed by atoms with van der Waals surface area (Å²) in [6, 6.07) is 5.73. The highest BCUT2D eigenvalue weighted by molar-refractivity contribution is 5.40. The number of aromatic hydroxyl groups is 2. The normalized spacial score (nSPS) is 20.9. The summed E-state index contributed by atoms with van der Waals surface area (Å²) >= 11 is 0. The van der Waals surface area contributed by atoms with Gasteiger partial charge >= 0.3 is 0 Å². The first-order valence-corrected chi connectivity index (χ1v) is 8.00. The van der Waals surface area contributed by atoms with Crippen LogP contribution in [-0.4, -0.2) is 40.3 Å². The minimum atomic E-state index is 0.0702. The smallest absolute Gasteiger partial charge is 0.120 e. The van der Waals surface area contributed by atoms with E-state index in [1.165, 1.54) is 25.3 Å². The summed E-state index contributed by atoms with van der Waals surface area (Å²) in [7, 11) is 0. The van der Waals surface area contributed by atoms with Crippen molar-refractivity contribution >= 4 is 0 Å². The summed E-state index contributed by atoms with van der Waals surface area (Å²) in [5.74, 6) is 0.455. The predicted octanol–water partition coefficient (Wildman–Crippen LogP) is 3.01. The van der Waals surface area contributed by atoms with E-state index < -0.39 is 0 Å². The average molecular weight is 292 g/mol. The van der Waals surface area contributed by atoms with Gasteiger partial charge in [0.2, 0.25) is 0 Å². The molecule has 0 aliphatic carbocycles. The lowest BCUT2D eigenvalue weighted by molar-refractivity contribution is 0.136. The van der Waals surface area contributed by atoms with Crippen molar-refractivity contribution in [1.29, 1.82) is 0 Å². The van der Waals surface area contributed by atoms with Crippen LogP contribution in [0.25, 0.3) is 0 Å². The van der Waals surface area contributed by atoms with Crippen molar-refractivity contribution in [3.8, 4) is 11.5 Å². The number of piperidine rings is 1. The lowest BCUT2D eigenvalue weighted by atomic mass is 10.00. The van der Waals surface area contributed by atoms with Crippen molar-refractivity contribution in [3.63, 3.8) is 0 Å². The SMILES string of the molecule is CC(C)N(CC1CCCCN1)C(C)c1cc(O)ccc1O. The Morgan fingerprint density at radius 1 is 1.24 bits per heavy atom. The maximum atomic E-state index is 10.1. The summed E-state index contributed by atoms with van der Waals surface area (Å²) in [5.41, 5.74) is 0.791. The van der Waals surface area contributed by atoms with E-state index in [2.05, 4.69) is 31.0 Å². The quantitative estimate of drug-likeness (QED) is 0.730. The van der Waals surface area contributed by atoms with Crippen molar-refractivity contribution in [1.82, 2.24) is 10.2 Å². The Morgan fingerprint density at radius 2 is 2.00 bits per heavy atom. The van der Waals surface area contributed by atoms with Gasteiger partial charge in [-0.05, 0) is 58.4 Å². The molecule has 0 amide bonds. The highest BCUT2D eigenvalue weighted by Crippen LogP contribution is 2.32. The molecule has 0 bridgehead atoms. The fourth-order valence-corrected chi connectivity index (χ4v) is 3.21. The number of nitrogens with zero attached hydrogens (tertiary/aromatic N) is 1. The van der Waals surface area contributed by atoms with Gasteiger partial charge < -0.3 is 15.5 Å². The Morgan fingerprint density at radius 3 is 2.62 bits per heavy atom. The Labute approximate surface area is 127 Å². The third kappa shape index (κ3) is 4.11. The minimum absolute atomic E-state index is 0.0702. The predicted molar refractivity (Wildman–Crippen MR) is 85.7 cm³/mol. The highest BCUT2D eigenvalue weighted by Gasteiger charge is 2.25. The van der Waals surface area contributed by atoms with Gasteiger partial charge in [-0.3, -0.25) is 4.90 Å². The van der Waals surface area contributed by atoms with Gasteiger partial charge in [-0.25, -0.2) is 0 Å². The first kappa shape index (κ1) is 16.1. The Balaban J connectivity index is 2.14. The second kappa shape index (κ2) is 7.14. The maximum absolute atomic E-state index is 10.1. The molecule has 4 nitrogen and oxygen atoms in total. The lowest BCUT2D eigenvalue weighted by Crippen LogP contribution is -2.46. The van der Waals surface area contributed by atoms with Gasteiger partial charge in [-0.2, -0.15) is 0 Å². The van der Waals surface area contributed by atoms with Gasteiger partial charge in [-0.15, -0.1) is 0 Å². The fourth-order valence-electron chi connectivity index (χ4n) is 3.21. The summed E-state index contributed by atoms with van der Waals surface area (Å²) < 4.78 is 0. The second-order valence-electron chi connectivity index (χ2n) is 6.36. The molecule has 2 unspecified atom stereocenters. The number of hydrogen-bond donors (Lipinski definition) is 3. The van der Waals surface area contributed by atoms with E-state index in [-0.39, 0.29) is 17.5 Å². The highest BCUT2D eigenvalue weighted by atomic mass is 16.3. The van der Waals surface area contributed by atoms with Gasteiger partial charge in [-0.1, -0.05) is 6.42 Å². The molecular formula is C17H28N2O2. The molecule has 2 rings (SSSR count). The summed E-state index contributed by atoms with van der Waals surface area (Å²) in [4.78, 5) is 2.39. The molecule has 2 atom stereocenters. The van der Waals surface area contributed by atoms with Crippen LogP contribution < -0.4 is 5.32 Å². The van der Waals surface area contributed by atoms with Crippen LogP contribution in [0.4, 0.5) is 0 Å². The van der Waals surface area contributed by atoms with Crippen molar-refractivity contribution in [2.24, 2.45) is 0 Å².